The molecule has 0 radical (unpaired) electrons. The van der Waals surface area contributed by atoms with Crippen LogP contribution in [0.15, 0.2) is 24.3 Å². The lowest BCUT2D eigenvalue weighted by molar-refractivity contribution is -0.150. The van der Waals surface area contributed by atoms with E-state index in [-0.39, 0.29) is 17.8 Å². The standard InChI is InChI=1S/C16H24FNO2/c1-5-12(3)18-16(4,15(19)20-6-2)11-13-8-7-9-14(17)10-13/h7-10,12,18H,5-6,11H2,1-4H3. The van der Waals surface area contributed by atoms with Gasteiger partial charge in [0.1, 0.15) is 11.4 Å². The summed E-state index contributed by atoms with van der Waals surface area (Å²) in [6, 6.07) is 6.50. The van der Waals surface area contributed by atoms with E-state index in [2.05, 4.69) is 5.32 Å². The molecule has 1 rings (SSSR count). The predicted molar refractivity (Wildman–Crippen MR) is 78.0 cm³/mol. The molecule has 0 bridgehead atoms. The fourth-order valence-electron chi connectivity index (χ4n) is 2.17. The van der Waals surface area contributed by atoms with E-state index in [1.54, 1.807) is 13.0 Å². The first-order valence-electron chi connectivity index (χ1n) is 7.10. The number of halogens is 1. The lowest BCUT2D eigenvalue weighted by atomic mass is 9.91. The van der Waals surface area contributed by atoms with Crippen molar-refractivity contribution in [2.45, 2.75) is 52.1 Å². The van der Waals surface area contributed by atoms with Gasteiger partial charge in [0, 0.05) is 12.5 Å². The number of benzene rings is 1. The zero-order valence-electron chi connectivity index (χ0n) is 12.7. The van der Waals surface area contributed by atoms with Gasteiger partial charge in [0.15, 0.2) is 0 Å². The quantitative estimate of drug-likeness (QED) is 0.781. The van der Waals surface area contributed by atoms with Crippen LogP contribution in [-0.2, 0) is 16.0 Å². The van der Waals surface area contributed by atoms with Crippen LogP contribution in [0.3, 0.4) is 0 Å². The number of carbonyl (C=O) groups excluding carboxylic acids is 1. The van der Waals surface area contributed by atoms with E-state index in [0.29, 0.717) is 13.0 Å². The summed E-state index contributed by atoms with van der Waals surface area (Å²) in [5.41, 5.74) is -0.0736. The van der Waals surface area contributed by atoms with Gasteiger partial charge in [-0.25, -0.2) is 4.39 Å². The summed E-state index contributed by atoms with van der Waals surface area (Å²) >= 11 is 0. The lowest BCUT2D eigenvalue weighted by Gasteiger charge is -2.31. The Bertz CT molecular complexity index is 450. The summed E-state index contributed by atoms with van der Waals surface area (Å²) < 4.78 is 18.4. The maximum atomic E-state index is 13.3. The van der Waals surface area contributed by atoms with Gasteiger partial charge in [-0.1, -0.05) is 19.1 Å². The van der Waals surface area contributed by atoms with E-state index in [9.17, 15) is 9.18 Å². The first-order chi connectivity index (χ1) is 9.41. The highest BCUT2D eigenvalue weighted by Gasteiger charge is 2.35. The van der Waals surface area contributed by atoms with Crippen LogP contribution in [-0.4, -0.2) is 24.2 Å². The summed E-state index contributed by atoms with van der Waals surface area (Å²) in [6.45, 7) is 7.99. The molecule has 1 aromatic carbocycles. The molecule has 0 heterocycles. The predicted octanol–water partition coefficient (Wildman–Crippen LogP) is 3.08. The van der Waals surface area contributed by atoms with Gasteiger partial charge in [-0.05, 0) is 44.9 Å². The maximum absolute atomic E-state index is 13.3. The Morgan fingerprint density at radius 3 is 2.70 bits per heavy atom. The third kappa shape index (κ3) is 4.60. The third-order valence-electron chi connectivity index (χ3n) is 3.35. The molecule has 4 heteroatoms. The molecule has 0 aliphatic rings. The van der Waals surface area contributed by atoms with E-state index >= 15 is 0 Å². The molecule has 20 heavy (non-hydrogen) atoms. The Morgan fingerprint density at radius 2 is 2.15 bits per heavy atom. The number of hydrogen-bond donors (Lipinski definition) is 1. The normalized spacial score (nSPS) is 15.4. The van der Waals surface area contributed by atoms with E-state index < -0.39 is 5.54 Å². The molecule has 1 N–H and O–H groups in total. The van der Waals surface area contributed by atoms with Crippen LogP contribution in [0, 0.1) is 5.82 Å². The number of ether oxygens (including phenoxy) is 1. The van der Waals surface area contributed by atoms with Crippen molar-refractivity contribution in [2.75, 3.05) is 6.61 Å². The van der Waals surface area contributed by atoms with Crippen LogP contribution in [0.25, 0.3) is 0 Å². The van der Waals surface area contributed by atoms with Crippen LogP contribution in [0.5, 0.6) is 0 Å². The fourth-order valence-corrected chi connectivity index (χ4v) is 2.17. The summed E-state index contributed by atoms with van der Waals surface area (Å²) in [5, 5.41) is 3.30. The molecular formula is C16H24FNO2. The molecule has 0 fully saturated rings. The van der Waals surface area contributed by atoms with Crippen molar-refractivity contribution < 1.29 is 13.9 Å². The lowest BCUT2D eigenvalue weighted by Crippen LogP contribution is -2.55. The summed E-state index contributed by atoms with van der Waals surface area (Å²) in [7, 11) is 0. The first-order valence-corrected chi connectivity index (χ1v) is 7.10. The molecule has 0 saturated carbocycles. The van der Waals surface area contributed by atoms with Gasteiger partial charge < -0.3 is 4.74 Å². The number of esters is 1. The van der Waals surface area contributed by atoms with Gasteiger partial charge in [0.25, 0.3) is 0 Å². The SMILES string of the molecule is CCOC(=O)C(C)(Cc1cccc(F)c1)NC(C)CC. The minimum absolute atomic E-state index is 0.179. The van der Waals surface area contributed by atoms with Crippen LogP contribution in [0.4, 0.5) is 4.39 Å². The van der Waals surface area contributed by atoms with Crippen molar-refractivity contribution in [3.8, 4) is 0 Å². The van der Waals surface area contributed by atoms with Gasteiger partial charge >= 0.3 is 5.97 Å². The number of hydrogen-bond acceptors (Lipinski definition) is 3. The van der Waals surface area contributed by atoms with Crippen LogP contribution >= 0.6 is 0 Å². The van der Waals surface area contributed by atoms with Gasteiger partial charge in [-0.3, -0.25) is 10.1 Å². The monoisotopic (exact) mass is 281 g/mol. The highest BCUT2D eigenvalue weighted by molar-refractivity contribution is 5.80. The molecule has 0 saturated heterocycles. The third-order valence-corrected chi connectivity index (χ3v) is 3.35. The molecule has 0 aliphatic carbocycles. The second-order valence-corrected chi connectivity index (χ2v) is 5.31. The molecule has 2 atom stereocenters. The van der Waals surface area contributed by atoms with Crippen LogP contribution in [0.1, 0.15) is 39.7 Å². The van der Waals surface area contributed by atoms with Crippen LogP contribution < -0.4 is 5.32 Å². The largest absolute Gasteiger partial charge is 0.465 e. The minimum atomic E-state index is -0.848. The average Bonchev–Trinajstić information content (AvgIpc) is 2.38. The molecule has 0 amide bonds. The number of nitrogens with one attached hydrogen (secondary N) is 1. The topological polar surface area (TPSA) is 38.3 Å². The molecule has 3 nitrogen and oxygen atoms in total. The van der Waals surface area contributed by atoms with Crippen molar-refractivity contribution in [3.05, 3.63) is 35.6 Å². The van der Waals surface area contributed by atoms with Gasteiger partial charge in [-0.2, -0.15) is 0 Å². The highest BCUT2D eigenvalue weighted by atomic mass is 19.1. The Balaban J connectivity index is 2.94. The van der Waals surface area contributed by atoms with E-state index in [1.165, 1.54) is 12.1 Å². The molecule has 2 unspecified atom stereocenters. The Labute approximate surface area is 120 Å². The van der Waals surface area contributed by atoms with Crippen molar-refractivity contribution >= 4 is 5.97 Å². The van der Waals surface area contributed by atoms with E-state index in [4.69, 9.17) is 4.74 Å². The van der Waals surface area contributed by atoms with Crippen molar-refractivity contribution in [3.63, 3.8) is 0 Å². The second kappa shape index (κ2) is 7.39. The molecule has 0 aromatic heterocycles. The number of carbonyl (C=O) groups is 1. The molecule has 112 valence electrons. The van der Waals surface area contributed by atoms with Crippen molar-refractivity contribution in [1.29, 1.82) is 0 Å². The molecular weight excluding hydrogens is 257 g/mol. The fraction of sp³-hybridized carbons (Fsp3) is 0.562. The summed E-state index contributed by atoms with van der Waals surface area (Å²) in [5.74, 6) is -0.596. The Kier molecular flexibility index (Phi) is 6.14. The van der Waals surface area contributed by atoms with E-state index in [0.717, 1.165) is 12.0 Å². The van der Waals surface area contributed by atoms with Gasteiger partial charge in [0.05, 0.1) is 6.61 Å². The molecule has 0 aliphatic heterocycles. The second-order valence-electron chi connectivity index (χ2n) is 5.31. The zero-order chi connectivity index (χ0) is 15.2. The highest BCUT2D eigenvalue weighted by Crippen LogP contribution is 2.18. The van der Waals surface area contributed by atoms with Gasteiger partial charge in [0.2, 0.25) is 0 Å². The Hall–Kier alpha value is -1.42. The average molecular weight is 281 g/mol. The van der Waals surface area contributed by atoms with Crippen LogP contribution in [0.2, 0.25) is 0 Å². The minimum Gasteiger partial charge on any atom is -0.465 e. The number of rotatable bonds is 7. The van der Waals surface area contributed by atoms with Crippen molar-refractivity contribution in [1.82, 2.24) is 5.32 Å². The summed E-state index contributed by atoms with van der Waals surface area (Å²) in [4.78, 5) is 12.2. The zero-order valence-corrected chi connectivity index (χ0v) is 12.7. The smallest absolute Gasteiger partial charge is 0.326 e. The van der Waals surface area contributed by atoms with Gasteiger partial charge in [-0.15, -0.1) is 0 Å². The Morgan fingerprint density at radius 1 is 1.45 bits per heavy atom. The summed E-state index contributed by atoms with van der Waals surface area (Å²) in [6.07, 6.45) is 1.30. The maximum Gasteiger partial charge on any atom is 0.326 e. The van der Waals surface area contributed by atoms with Crippen molar-refractivity contribution in [2.24, 2.45) is 0 Å². The van der Waals surface area contributed by atoms with E-state index in [1.807, 2.05) is 26.8 Å². The molecule has 0 spiro atoms. The molecule has 1 aromatic rings. The first kappa shape index (κ1) is 16.6.